The monoisotopic (exact) mass is 388 g/mol. The quantitative estimate of drug-likeness (QED) is 0.624. The standard InChI is InChI=1S/C20H15F3N2OS/c21-20(22,23)15-3-1-4-17(13-15)26-16-8-6-14(7-9-16)18-5-2-10-25-11-12-27-24-19(18)25/h1-10,13H,11-12H2. The number of nitrogens with zero attached hydrogens (tertiary/aromatic N) is 2. The third-order valence-corrected chi connectivity index (χ3v) is 4.85. The van der Waals surface area contributed by atoms with Gasteiger partial charge in [-0.2, -0.15) is 17.6 Å². The highest BCUT2D eigenvalue weighted by molar-refractivity contribution is 7.98. The van der Waals surface area contributed by atoms with Crippen LogP contribution in [0.2, 0.25) is 0 Å². The minimum absolute atomic E-state index is 0.150. The lowest BCUT2D eigenvalue weighted by Crippen LogP contribution is -2.32. The molecule has 0 N–H and O–H groups in total. The van der Waals surface area contributed by atoms with Crippen LogP contribution < -0.4 is 4.74 Å². The maximum Gasteiger partial charge on any atom is 0.416 e. The molecule has 0 amide bonds. The van der Waals surface area contributed by atoms with E-state index in [4.69, 9.17) is 4.74 Å². The number of amidine groups is 1. The van der Waals surface area contributed by atoms with Crippen molar-refractivity contribution in [2.24, 2.45) is 4.40 Å². The molecule has 2 aliphatic heterocycles. The van der Waals surface area contributed by atoms with Gasteiger partial charge >= 0.3 is 6.18 Å². The molecule has 2 heterocycles. The second kappa shape index (κ2) is 7.15. The first-order valence-electron chi connectivity index (χ1n) is 8.32. The summed E-state index contributed by atoms with van der Waals surface area (Å²) in [7, 11) is 0. The van der Waals surface area contributed by atoms with E-state index in [1.165, 1.54) is 12.1 Å². The van der Waals surface area contributed by atoms with E-state index >= 15 is 0 Å². The number of rotatable bonds is 3. The molecule has 0 aliphatic carbocycles. The topological polar surface area (TPSA) is 24.8 Å². The number of hydrogen-bond acceptors (Lipinski definition) is 4. The Bertz CT molecular complexity index is 933. The first-order valence-corrected chi connectivity index (χ1v) is 9.26. The molecule has 0 bridgehead atoms. The fraction of sp³-hybridized carbons (Fsp3) is 0.150. The fourth-order valence-corrected chi connectivity index (χ4v) is 3.57. The van der Waals surface area contributed by atoms with Gasteiger partial charge < -0.3 is 9.64 Å². The van der Waals surface area contributed by atoms with Crippen LogP contribution in [0.3, 0.4) is 0 Å². The third-order valence-electron chi connectivity index (χ3n) is 4.18. The molecule has 0 spiro atoms. The molecular weight excluding hydrogens is 373 g/mol. The number of halogens is 3. The first kappa shape index (κ1) is 17.7. The summed E-state index contributed by atoms with van der Waals surface area (Å²) in [6.07, 6.45) is 1.60. The molecule has 0 radical (unpaired) electrons. The van der Waals surface area contributed by atoms with Crippen molar-refractivity contribution in [3.05, 3.63) is 78.0 Å². The lowest BCUT2D eigenvalue weighted by molar-refractivity contribution is -0.137. The van der Waals surface area contributed by atoms with Gasteiger partial charge in [0.1, 0.15) is 17.3 Å². The van der Waals surface area contributed by atoms with Crippen molar-refractivity contribution in [1.82, 2.24) is 4.90 Å². The van der Waals surface area contributed by atoms with Gasteiger partial charge in [0, 0.05) is 24.1 Å². The molecule has 138 valence electrons. The Morgan fingerprint density at radius 2 is 1.85 bits per heavy atom. The molecule has 0 fully saturated rings. The van der Waals surface area contributed by atoms with Crippen molar-refractivity contribution < 1.29 is 17.9 Å². The number of hydrogen-bond donors (Lipinski definition) is 0. The van der Waals surface area contributed by atoms with E-state index in [9.17, 15) is 13.2 Å². The molecule has 0 saturated heterocycles. The van der Waals surface area contributed by atoms with E-state index in [-0.39, 0.29) is 5.75 Å². The van der Waals surface area contributed by atoms with E-state index in [1.54, 1.807) is 24.1 Å². The molecule has 0 aromatic heterocycles. The van der Waals surface area contributed by atoms with Crippen LogP contribution in [-0.4, -0.2) is 23.0 Å². The molecular formula is C20H15F3N2OS. The summed E-state index contributed by atoms with van der Waals surface area (Å²) in [5.41, 5.74) is 1.25. The molecule has 0 unspecified atom stereocenters. The van der Waals surface area contributed by atoms with Crippen LogP contribution in [0.25, 0.3) is 5.57 Å². The van der Waals surface area contributed by atoms with Gasteiger partial charge in [-0.1, -0.05) is 18.2 Å². The molecule has 27 heavy (non-hydrogen) atoms. The molecule has 2 aliphatic rings. The molecule has 2 aromatic carbocycles. The zero-order valence-corrected chi connectivity index (χ0v) is 14.9. The van der Waals surface area contributed by atoms with Crippen molar-refractivity contribution in [3.63, 3.8) is 0 Å². The zero-order valence-electron chi connectivity index (χ0n) is 14.1. The smallest absolute Gasteiger partial charge is 0.416 e. The summed E-state index contributed by atoms with van der Waals surface area (Å²) in [5.74, 6) is 2.49. The van der Waals surface area contributed by atoms with Gasteiger partial charge in [-0.05, 0) is 60.0 Å². The Morgan fingerprint density at radius 1 is 1.04 bits per heavy atom. The number of benzene rings is 2. The second-order valence-electron chi connectivity index (χ2n) is 6.02. The zero-order chi connectivity index (χ0) is 18.9. The van der Waals surface area contributed by atoms with Crippen LogP contribution in [0.1, 0.15) is 11.1 Å². The van der Waals surface area contributed by atoms with Crippen LogP contribution in [-0.2, 0) is 6.18 Å². The highest BCUT2D eigenvalue weighted by atomic mass is 32.2. The Labute approximate surface area is 159 Å². The van der Waals surface area contributed by atoms with Crippen molar-refractivity contribution >= 4 is 23.4 Å². The van der Waals surface area contributed by atoms with Crippen LogP contribution in [0.5, 0.6) is 11.5 Å². The number of ether oxygens (including phenoxy) is 1. The van der Waals surface area contributed by atoms with Gasteiger partial charge in [0.05, 0.1) is 5.56 Å². The minimum atomic E-state index is -4.39. The van der Waals surface area contributed by atoms with Gasteiger partial charge in [-0.3, -0.25) is 0 Å². The van der Waals surface area contributed by atoms with Crippen LogP contribution in [0.15, 0.2) is 71.3 Å². The van der Waals surface area contributed by atoms with E-state index < -0.39 is 11.7 Å². The summed E-state index contributed by atoms with van der Waals surface area (Å²) in [6.45, 7) is 0.911. The fourth-order valence-electron chi connectivity index (χ4n) is 2.87. The molecule has 4 rings (SSSR count). The highest BCUT2D eigenvalue weighted by Gasteiger charge is 2.30. The predicted octanol–water partition coefficient (Wildman–Crippen LogP) is 5.77. The molecule has 7 heteroatoms. The highest BCUT2D eigenvalue weighted by Crippen LogP contribution is 2.33. The second-order valence-corrected chi connectivity index (χ2v) is 6.86. The van der Waals surface area contributed by atoms with Crippen molar-refractivity contribution in [2.45, 2.75) is 6.18 Å². The number of alkyl halides is 3. The lowest BCUT2D eigenvalue weighted by Gasteiger charge is -2.29. The summed E-state index contributed by atoms with van der Waals surface area (Å²) in [5, 5.41) is 0. The average molecular weight is 388 g/mol. The van der Waals surface area contributed by atoms with Gasteiger partial charge in [0.15, 0.2) is 0 Å². The van der Waals surface area contributed by atoms with Crippen LogP contribution in [0, 0.1) is 0 Å². The maximum absolute atomic E-state index is 12.8. The predicted molar refractivity (Wildman–Crippen MR) is 102 cm³/mol. The SMILES string of the molecule is FC(F)(F)c1cccc(Oc2ccc(C3=CC=CN4CCSN=C34)cc2)c1. The number of fused-ring (bicyclic) bond motifs is 1. The van der Waals surface area contributed by atoms with Gasteiger partial charge in [0.2, 0.25) is 0 Å². The molecule has 3 nitrogen and oxygen atoms in total. The van der Waals surface area contributed by atoms with E-state index in [0.717, 1.165) is 41.4 Å². The third kappa shape index (κ3) is 3.88. The van der Waals surface area contributed by atoms with Gasteiger partial charge in [0.25, 0.3) is 0 Å². The molecule has 2 aromatic rings. The van der Waals surface area contributed by atoms with Gasteiger partial charge in [-0.25, -0.2) is 0 Å². The largest absolute Gasteiger partial charge is 0.457 e. The van der Waals surface area contributed by atoms with Crippen molar-refractivity contribution in [3.8, 4) is 11.5 Å². The van der Waals surface area contributed by atoms with Gasteiger partial charge in [-0.15, -0.1) is 0 Å². The van der Waals surface area contributed by atoms with Crippen molar-refractivity contribution in [1.29, 1.82) is 0 Å². The lowest BCUT2D eigenvalue weighted by atomic mass is 10.0. The summed E-state index contributed by atoms with van der Waals surface area (Å²) in [6, 6.07) is 12.1. The average Bonchev–Trinajstić information content (AvgIpc) is 2.68. The van der Waals surface area contributed by atoms with Crippen LogP contribution in [0.4, 0.5) is 13.2 Å². The summed E-state index contributed by atoms with van der Waals surface area (Å²) in [4.78, 5) is 2.11. The summed E-state index contributed by atoms with van der Waals surface area (Å²) >= 11 is 1.54. The summed E-state index contributed by atoms with van der Waals surface area (Å²) < 4.78 is 48.6. The number of allylic oxidation sites excluding steroid dienone is 2. The molecule has 0 atom stereocenters. The Balaban J connectivity index is 1.54. The van der Waals surface area contributed by atoms with Crippen LogP contribution >= 0.6 is 11.9 Å². The first-order chi connectivity index (χ1) is 13.0. The van der Waals surface area contributed by atoms with E-state index in [2.05, 4.69) is 9.30 Å². The Morgan fingerprint density at radius 3 is 2.63 bits per heavy atom. The van der Waals surface area contributed by atoms with Crippen molar-refractivity contribution in [2.75, 3.05) is 12.3 Å². The minimum Gasteiger partial charge on any atom is -0.457 e. The van der Waals surface area contributed by atoms with E-state index in [1.807, 2.05) is 30.5 Å². The Hall–Kier alpha value is -2.67. The van der Waals surface area contributed by atoms with E-state index in [0.29, 0.717) is 5.75 Å². The normalized spacial score (nSPS) is 16.5. The molecule has 0 saturated carbocycles. The maximum atomic E-state index is 12.8. The Kier molecular flexibility index (Phi) is 4.70.